The molecule has 0 spiro atoms. The maximum atomic E-state index is 13.9. The Morgan fingerprint density at radius 3 is 2.50 bits per heavy atom. The van der Waals surface area contributed by atoms with Crippen LogP contribution in [0.5, 0.6) is 0 Å². The van der Waals surface area contributed by atoms with Gasteiger partial charge in [0.15, 0.2) is 17.3 Å². The van der Waals surface area contributed by atoms with Gasteiger partial charge in [0.25, 0.3) is 0 Å². The van der Waals surface area contributed by atoms with Crippen LogP contribution in [-0.4, -0.2) is 6.54 Å². The minimum Gasteiger partial charge on any atom is -0.327 e. The highest BCUT2D eigenvalue weighted by Crippen LogP contribution is 2.31. The quantitative estimate of drug-likeness (QED) is 0.802. The number of hydrogen-bond donors (Lipinski definition) is 1. The first-order valence-corrected chi connectivity index (χ1v) is 4.38. The van der Waals surface area contributed by atoms with E-state index in [0.717, 1.165) is 6.07 Å². The molecule has 1 rings (SSSR count). The van der Waals surface area contributed by atoms with Crippen LogP contribution in [0.1, 0.15) is 18.9 Å². The van der Waals surface area contributed by atoms with Crippen LogP contribution in [0.15, 0.2) is 18.2 Å². The standard InChI is InChI=1S/C10H12F3N/c1-2-10(13,6-14)7-4-3-5-8(11)9(7)12/h3-5H,2,6,14H2,1H3. The second kappa shape index (κ2) is 4.00. The van der Waals surface area contributed by atoms with Crippen molar-refractivity contribution in [3.8, 4) is 0 Å². The lowest BCUT2D eigenvalue weighted by atomic mass is 9.92. The summed E-state index contributed by atoms with van der Waals surface area (Å²) in [5.41, 5.74) is 2.92. The fourth-order valence-corrected chi connectivity index (χ4v) is 1.29. The smallest absolute Gasteiger partial charge is 0.165 e. The summed E-state index contributed by atoms with van der Waals surface area (Å²) in [4.78, 5) is 0. The molecule has 2 N–H and O–H groups in total. The number of benzene rings is 1. The average molecular weight is 203 g/mol. The molecule has 1 aromatic rings. The van der Waals surface area contributed by atoms with Crippen molar-refractivity contribution in [2.75, 3.05) is 6.54 Å². The van der Waals surface area contributed by atoms with Crippen LogP contribution in [0.25, 0.3) is 0 Å². The van der Waals surface area contributed by atoms with Gasteiger partial charge in [-0.05, 0) is 12.5 Å². The zero-order chi connectivity index (χ0) is 10.8. The molecule has 0 saturated carbocycles. The van der Waals surface area contributed by atoms with Gasteiger partial charge in [-0.3, -0.25) is 0 Å². The third kappa shape index (κ3) is 1.75. The number of nitrogens with two attached hydrogens (primary N) is 1. The van der Waals surface area contributed by atoms with Crippen molar-refractivity contribution >= 4 is 0 Å². The van der Waals surface area contributed by atoms with Crippen LogP contribution in [0.2, 0.25) is 0 Å². The number of rotatable bonds is 3. The fourth-order valence-electron chi connectivity index (χ4n) is 1.29. The first-order chi connectivity index (χ1) is 6.55. The Balaban J connectivity index is 3.24. The zero-order valence-corrected chi connectivity index (χ0v) is 7.86. The lowest BCUT2D eigenvalue weighted by Gasteiger charge is -2.22. The zero-order valence-electron chi connectivity index (χ0n) is 7.86. The fraction of sp³-hybridized carbons (Fsp3) is 0.400. The molecule has 0 amide bonds. The van der Waals surface area contributed by atoms with Crippen molar-refractivity contribution < 1.29 is 13.2 Å². The second-order valence-corrected chi connectivity index (χ2v) is 3.12. The Hall–Kier alpha value is -1.03. The molecule has 0 aliphatic rings. The van der Waals surface area contributed by atoms with E-state index in [1.54, 1.807) is 0 Å². The predicted molar refractivity (Wildman–Crippen MR) is 48.5 cm³/mol. The van der Waals surface area contributed by atoms with Crippen molar-refractivity contribution in [2.45, 2.75) is 19.0 Å². The summed E-state index contributed by atoms with van der Waals surface area (Å²) in [5.74, 6) is -2.20. The highest BCUT2D eigenvalue weighted by atomic mass is 19.2. The van der Waals surface area contributed by atoms with Crippen molar-refractivity contribution in [1.82, 2.24) is 0 Å². The van der Waals surface area contributed by atoms with E-state index in [1.165, 1.54) is 19.1 Å². The highest BCUT2D eigenvalue weighted by Gasteiger charge is 2.32. The van der Waals surface area contributed by atoms with Gasteiger partial charge in [0.1, 0.15) is 0 Å². The molecule has 1 unspecified atom stereocenters. The number of alkyl halides is 1. The second-order valence-electron chi connectivity index (χ2n) is 3.12. The molecule has 0 radical (unpaired) electrons. The van der Waals surface area contributed by atoms with E-state index in [-0.39, 0.29) is 18.5 Å². The SMILES string of the molecule is CCC(F)(CN)c1cccc(F)c1F. The van der Waals surface area contributed by atoms with Gasteiger partial charge in [-0.2, -0.15) is 0 Å². The topological polar surface area (TPSA) is 26.0 Å². The van der Waals surface area contributed by atoms with E-state index >= 15 is 0 Å². The van der Waals surface area contributed by atoms with Gasteiger partial charge in [0.05, 0.1) is 0 Å². The van der Waals surface area contributed by atoms with Gasteiger partial charge >= 0.3 is 0 Å². The maximum Gasteiger partial charge on any atom is 0.165 e. The summed E-state index contributed by atoms with van der Waals surface area (Å²) >= 11 is 0. The average Bonchev–Trinajstić information content (AvgIpc) is 2.21. The van der Waals surface area contributed by atoms with Crippen molar-refractivity contribution in [3.05, 3.63) is 35.4 Å². The summed E-state index contributed by atoms with van der Waals surface area (Å²) in [6.07, 6.45) is 0.0177. The molecular weight excluding hydrogens is 191 g/mol. The lowest BCUT2D eigenvalue weighted by Crippen LogP contribution is -2.30. The van der Waals surface area contributed by atoms with E-state index in [4.69, 9.17) is 5.73 Å². The van der Waals surface area contributed by atoms with Gasteiger partial charge in [-0.15, -0.1) is 0 Å². The molecule has 0 aliphatic carbocycles. The van der Waals surface area contributed by atoms with E-state index in [1.807, 2.05) is 0 Å². The van der Waals surface area contributed by atoms with Gasteiger partial charge in [-0.1, -0.05) is 19.1 Å². The molecule has 4 heteroatoms. The van der Waals surface area contributed by atoms with Gasteiger partial charge in [0.2, 0.25) is 0 Å². The Morgan fingerprint density at radius 2 is 2.00 bits per heavy atom. The molecule has 0 bridgehead atoms. The Kier molecular flexibility index (Phi) is 3.16. The van der Waals surface area contributed by atoms with Crippen LogP contribution < -0.4 is 5.73 Å². The summed E-state index contributed by atoms with van der Waals surface area (Å²) in [7, 11) is 0. The van der Waals surface area contributed by atoms with E-state index in [9.17, 15) is 13.2 Å². The normalized spacial score (nSPS) is 15.2. The van der Waals surface area contributed by atoms with Gasteiger partial charge < -0.3 is 5.73 Å². The number of hydrogen-bond acceptors (Lipinski definition) is 1. The Labute approximate surface area is 80.7 Å². The highest BCUT2D eigenvalue weighted by molar-refractivity contribution is 5.25. The molecule has 0 aliphatic heterocycles. The Morgan fingerprint density at radius 1 is 1.36 bits per heavy atom. The molecule has 78 valence electrons. The van der Waals surface area contributed by atoms with Gasteiger partial charge in [0, 0.05) is 12.1 Å². The third-order valence-corrected chi connectivity index (χ3v) is 2.32. The molecule has 0 heterocycles. The largest absolute Gasteiger partial charge is 0.327 e. The minimum absolute atomic E-state index is 0.0177. The molecule has 1 aromatic carbocycles. The summed E-state index contributed by atoms with van der Waals surface area (Å²) in [6.45, 7) is 1.18. The van der Waals surface area contributed by atoms with E-state index in [2.05, 4.69) is 0 Å². The van der Waals surface area contributed by atoms with Gasteiger partial charge in [-0.25, -0.2) is 13.2 Å². The molecule has 0 aromatic heterocycles. The monoisotopic (exact) mass is 203 g/mol. The summed E-state index contributed by atoms with van der Waals surface area (Å²) in [5, 5.41) is 0. The van der Waals surface area contributed by atoms with Crippen LogP contribution in [0.3, 0.4) is 0 Å². The molecule has 14 heavy (non-hydrogen) atoms. The third-order valence-electron chi connectivity index (χ3n) is 2.32. The lowest BCUT2D eigenvalue weighted by molar-refractivity contribution is 0.161. The first-order valence-electron chi connectivity index (χ1n) is 4.38. The summed E-state index contributed by atoms with van der Waals surface area (Å²) < 4.78 is 39.9. The molecular formula is C10H12F3N. The number of halogens is 3. The molecule has 1 atom stereocenters. The van der Waals surface area contributed by atoms with Crippen LogP contribution >= 0.6 is 0 Å². The summed E-state index contributed by atoms with van der Waals surface area (Å²) in [6, 6.07) is 3.44. The van der Waals surface area contributed by atoms with Crippen molar-refractivity contribution in [2.24, 2.45) is 5.73 Å². The predicted octanol–water partition coefficient (Wildman–Crippen LogP) is 2.50. The van der Waals surface area contributed by atoms with Crippen LogP contribution in [-0.2, 0) is 5.67 Å². The van der Waals surface area contributed by atoms with E-state index in [0.29, 0.717) is 0 Å². The molecule has 0 fully saturated rings. The minimum atomic E-state index is -1.98. The van der Waals surface area contributed by atoms with Crippen LogP contribution in [0.4, 0.5) is 13.2 Å². The maximum absolute atomic E-state index is 13.9. The molecule has 0 saturated heterocycles. The molecule has 1 nitrogen and oxygen atoms in total. The van der Waals surface area contributed by atoms with Crippen LogP contribution in [0, 0.1) is 11.6 Å². The first kappa shape index (κ1) is 11.0. The van der Waals surface area contributed by atoms with Crippen molar-refractivity contribution in [1.29, 1.82) is 0 Å². The van der Waals surface area contributed by atoms with E-state index < -0.39 is 17.3 Å². The Bertz CT molecular complexity index is 321. The van der Waals surface area contributed by atoms with Crippen molar-refractivity contribution in [3.63, 3.8) is 0 Å².